The van der Waals surface area contributed by atoms with Crippen LogP contribution in [0.1, 0.15) is 55.1 Å². The van der Waals surface area contributed by atoms with Crippen LogP contribution < -0.4 is 16.6 Å². The number of rotatable bonds is 7. The summed E-state index contributed by atoms with van der Waals surface area (Å²) in [5, 5.41) is 17.9. The molecule has 0 bridgehead atoms. The molecule has 4 aromatic rings. The normalized spacial score (nSPS) is 19.3. The lowest BCUT2D eigenvalue weighted by Gasteiger charge is -2.26. The molecule has 218 valence electrons. The summed E-state index contributed by atoms with van der Waals surface area (Å²) < 4.78 is 17.6. The van der Waals surface area contributed by atoms with Gasteiger partial charge in [-0.25, -0.2) is 4.39 Å². The van der Waals surface area contributed by atoms with Gasteiger partial charge in [-0.3, -0.25) is 33.6 Å². The smallest absolute Gasteiger partial charge is 0.269 e. The van der Waals surface area contributed by atoms with Gasteiger partial charge < -0.3 is 16.0 Å². The first kappa shape index (κ1) is 27.3. The van der Waals surface area contributed by atoms with Crippen LogP contribution >= 0.6 is 0 Å². The topological polar surface area (TPSA) is 174 Å². The van der Waals surface area contributed by atoms with E-state index in [0.29, 0.717) is 16.7 Å². The molecular formula is C28H30FN9O4. The van der Waals surface area contributed by atoms with E-state index in [0.717, 1.165) is 43.2 Å². The van der Waals surface area contributed by atoms with Gasteiger partial charge in [-0.1, -0.05) is 25.3 Å². The lowest BCUT2D eigenvalue weighted by Crippen LogP contribution is -2.45. The number of nitrogens with two attached hydrogens (primary N) is 1. The highest BCUT2D eigenvalue weighted by Gasteiger charge is 2.40. The number of nitrogens with one attached hydrogen (secondary N) is 2. The first-order chi connectivity index (χ1) is 20.3. The molecule has 14 heteroatoms. The van der Waals surface area contributed by atoms with Gasteiger partial charge >= 0.3 is 0 Å². The third kappa shape index (κ3) is 5.27. The lowest BCUT2D eigenvalue weighted by molar-refractivity contribution is -0.137. The van der Waals surface area contributed by atoms with Crippen LogP contribution in [0.15, 0.2) is 47.5 Å². The van der Waals surface area contributed by atoms with Crippen molar-refractivity contribution in [2.75, 3.05) is 11.9 Å². The molecule has 42 heavy (non-hydrogen) atoms. The van der Waals surface area contributed by atoms with E-state index in [9.17, 15) is 23.6 Å². The molecule has 2 fully saturated rings. The Morgan fingerprint density at radius 1 is 1.07 bits per heavy atom. The van der Waals surface area contributed by atoms with Gasteiger partial charge in [0, 0.05) is 23.4 Å². The molecule has 3 amide bonds. The number of H-pyrrole nitrogens is 1. The molecule has 1 aliphatic carbocycles. The van der Waals surface area contributed by atoms with E-state index < -0.39 is 29.9 Å². The van der Waals surface area contributed by atoms with Crippen molar-refractivity contribution in [2.24, 2.45) is 5.73 Å². The number of anilines is 1. The van der Waals surface area contributed by atoms with Crippen molar-refractivity contribution in [1.82, 2.24) is 34.7 Å². The predicted octanol–water partition coefficient (Wildman–Crippen LogP) is 2.16. The number of primary amides is 1. The van der Waals surface area contributed by atoms with Crippen molar-refractivity contribution in [3.8, 4) is 11.1 Å². The molecule has 6 rings (SSSR count). The van der Waals surface area contributed by atoms with Gasteiger partial charge in [0.1, 0.15) is 24.6 Å². The largest absolute Gasteiger partial charge is 0.364 e. The first-order valence-corrected chi connectivity index (χ1v) is 13.9. The van der Waals surface area contributed by atoms with Crippen LogP contribution in [0.25, 0.3) is 22.0 Å². The summed E-state index contributed by atoms with van der Waals surface area (Å²) in [6, 6.07) is 7.26. The molecular weight excluding hydrogens is 545 g/mol. The van der Waals surface area contributed by atoms with E-state index in [-0.39, 0.29) is 36.8 Å². The number of amides is 3. The molecule has 2 unspecified atom stereocenters. The number of benzene rings is 1. The average Bonchev–Trinajstić information content (AvgIpc) is 3.68. The summed E-state index contributed by atoms with van der Waals surface area (Å²) in [6.45, 7) is -0.603. The maximum Gasteiger partial charge on any atom is 0.269 e. The van der Waals surface area contributed by atoms with Crippen LogP contribution in [-0.4, -0.2) is 71.1 Å². The number of hydrogen-bond acceptors (Lipinski definition) is 7. The van der Waals surface area contributed by atoms with Crippen LogP contribution in [0.5, 0.6) is 0 Å². The minimum absolute atomic E-state index is 0.0195. The van der Waals surface area contributed by atoms with Crippen molar-refractivity contribution in [1.29, 1.82) is 0 Å². The molecule has 1 saturated carbocycles. The number of aromatic nitrogens is 6. The number of aromatic amines is 1. The summed E-state index contributed by atoms with van der Waals surface area (Å²) in [4.78, 5) is 52.4. The summed E-state index contributed by atoms with van der Waals surface area (Å²) in [7, 11) is 0. The number of alkyl halides is 1. The van der Waals surface area contributed by atoms with Crippen LogP contribution in [0.4, 0.5) is 10.2 Å². The van der Waals surface area contributed by atoms with Crippen LogP contribution in [0.2, 0.25) is 0 Å². The first-order valence-electron chi connectivity index (χ1n) is 13.9. The second-order valence-corrected chi connectivity index (χ2v) is 10.8. The summed E-state index contributed by atoms with van der Waals surface area (Å²) in [5.74, 6) is -1.59. The third-order valence-electron chi connectivity index (χ3n) is 8.01. The van der Waals surface area contributed by atoms with Crippen molar-refractivity contribution in [2.45, 2.75) is 63.3 Å². The molecule has 0 radical (unpaired) electrons. The Bertz CT molecular complexity index is 1710. The summed E-state index contributed by atoms with van der Waals surface area (Å²) >= 11 is 0. The highest BCUT2D eigenvalue weighted by atomic mass is 19.1. The van der Waals surface area contributed by atoms with E-state index in [1.54, 1.807) is 41.3 Å². The van der Waals surface area contributed by atoms with Gasteiger partial charge in [-0.05, 0) is 36.6 Å². The summed E-state index contributed by atoms with van der Waals surface area (Å²) in [5.41, 5.74) is 7.22. The maximum absolute atomic E-state index is 14.6. The second kappa shape index (κ2) is 11.2. The Labute approximate surface area is 238 Å². The molecule has 1 aromatic carbocycles. The van der Waals surface area contributed by atoms with Gasteiger partial charge in [0.15, 0.2) is 5.69 Å². The zero-order valence-electron chi connectivity index (χ0n) is 22.7. The zero-order valence-corrected chi connectivity index (χ0v) is 22.7. The molecule has 4 heterocycles. The molecule has 0 spiro atoms. The Hall–Kier alpha value is -4.88. The monoisotopic (exact) mass is 575 g/mol. The van der Waals surface area contributed by atoms with Crippen LogP contribution in [0, 0.1) is 0 Å². The number of nitrogens with zero attached hydrogens (tertiary/aromatic N) is 6. The van der Waals surface area contributed by atoms with Crippen molar-refractivity contribution in [3.63, 3.8) is 0 Å². The number of likely N-dealkylation sites (tertiary alicyclic amines) is 1. The molecule has 2 aliphatic rings. The second-order valence-electron chi connectivity index (χ2n) is 10.8. The Balaban J connectivity index is 1.23. The minimum atomic E-state index is -1.40. The number of carbonyl (C=O) groups excluding carboxylic acids is 3. The molecule has 3 aromatic heterocycles. The van der Waals surface area contributed by atoms with Crippen molar-refractivity contribution >= 4 is 34.4 Å². The predicted molar refractivity (Wildman–Crippen MR) is 150 cm³/mol. The Morgan fingerprint density at radius 2 is 1.88 bits per heavy atom. The molecule has 1 aliphatic heterocycles. The standard InChI is InChI=1S/C28H30FN9O4/c29-18-11-22(28(42)33-23-12-24(39)34-38(23)19-4-2-1-3-5-19)36(14-18)25(40)15-37-21-7-6-16(17-8-9-31-32-13-17)10-20(21)26(35-37)27(30)41/h6-10,12-13,18-19,22H,1-5,11,14-15H2,(H2,30,41)(H,33,42)(H,34,39). The highest BCUT2D eigenvalue weighted by Crippen LogP contribution is 2.31. The minimum Gasteiger partial charge on any atom is -0.364 e. The number of carbonyl (C=O) groups is 3. The van der Waals surface area contributed by atoms with Gasteiger partial charge in [-0.2, -0.15) is 15.3 Å². The number of fused-ring (bicyclic) bond motifs is 1. The molecule has 1 saturated heterocycles. The highest BCUT2D eigenvalue weighted by molar-refractivity contribution is 6.05. The Kier molecular flexibility index (Phi) is 7.27. The van der Waals surface area contributed by atoms with E-state index in [1.807, 2.05) is 0 Å². The Morgan fingerprint density at radius 3 is 2.62 bits per heavy atom. The lowest BCUT2D eigenvalue weighted by atomic mass is 9.96. The zero-order chi connectivity index (χ0) is 29.4. The van der Waals surface area contributed by atoms with Gasteiger partial charge in [0.25, 0.3) is 11.5 Å². The fraction of sp³-hybridized carbons (Fsp3) is 0.393. The number of hydrogen-bond donors (Lipinski definition) is 3. The van der Waals surface area contributed by atoms with E-state index in [4.69, 9.17) is 5.73 Å². The third-order valence-corrected chi connectivity index (χ3v) is 8.01. The van der Waals surface area contributed by atoms with Crippen molar-refractivity contribution in [3.05, 3.63) is 58.8 Å². The SMILES string of the molecule is NC(=O)c1nn(CC(=O)N2CC(F)CC2C(=O)Nc2cc(=O)[nH]n2C2CCCCC2)c2ccc(-c3ccnnc3)cc12. The fourth-order valence-electron chi connectivity index (χ4n) is 5.99. The van der Waals surface area contributed by atoms with Gasteiger partial charge in [0.2, 0.25) is 11.8 Å². The maximum atomic E-state index is 14.6. The van der Waals surface area contributed by atoms with Crippen LogP contribution in [-0.2, 0) is 16.1 Å². The van der Waals surface area contributed by atoms with Gasteiger partial charge in [0.05, 0.1) is 30.5 Å². The molecule has 13 nitrogen and oxygen atoms in total. The fourth-order valence-corrected chi connectivity index (χ4v) is 5.99. The van der Waals surface area contributed by atoms with Gasteiger partial charge in [-0.15, -0.1) is 0 Å². The van der Waals surface area contributed by atoms with E-state index in [1.165, 1.54) is 15.6 Å². The van der Waals surface area contributed by atoms with E-state index >= 15 is 0 Å². The van der Waals surface area contributed by atoms with Crippen molar-refractivity contribution < 1.29 is 18.8 Å². The molecule has 2 atom stereocenters. The number of halogens is 1. The van der Waals surface area contributed by atoms with E-state index in [2.05, 4.69) is 25.7 Å². The summed E-state index contributed by atoms with van der Waals surface area (Å²) in [6.07, 6.45) is 6.46. The average molecular weight is 576 g/mol. The quantitative estimate of drug-likeness (QED) is 0.303. The molecule has 4 N–H and O–H groups in total. The van der Waals surface area contributed by atoms with Crippen LogP contribution in [0.3, 0.4) is 0 Å².